The number of hydrogen-bond acceptors (Lipinski definition) is 2. The number of hydrogen-bond donors (Lipinski definition) is 1. The molecule has 0 amide bonds. The van der Waals surface area contributed by atoms with E-state index in [1.807, 2.05) is 30.3 Å². The normalized spacial score (nSPS) is 11.8. The van der Waals surface area contributed by atoms with Crippen LogP contribution >= 0.6 is 0 Å². The number of aromatic nitrogens is 1. The van der Waals surface area contributed by atoms with Gasteiger partial charge in [-0.25, -0.2) is 8.42 Å². The van der Waals surface area contributed by atoms with Gasteiger partial charge in [-0.05, 0) is 24.6 Å². The summed E-state index contributed by atoms with van der Waals surface area (Å²) in [6, 6.07) is 17.3. The van der Waals surface area contributed by atoms with Crippen molar-refractivity contribution in [1.82, 2.24) is 4.98 Å². The van der Waals surface area contributed by atoms with Gasteiger partial charge in [0.15, 0.2) is 0 Å². The van der Waals surface area contributed by atoms with Crippen LogP contribution in [0, 0.1) is 13.0 Å². The van der Waals surface area contributed by atoms with Gasteiger partial charge in [-0.1, -0.05) is 36.4 Å². The van der Waals surface area contributed by atoms with Crippen molar-refractivity contribution in [2.45, 2.75) is 16.8 Å². The molecule has 3 nitrogen and oxygen atoms in total. The van der Waals surface area contributed by atoms with Crippen LogP contribution in [0.2, 0.25) is 0 Å². The molecule has 1 N–H and O–H groups in total. The first kappa shape index (κ1) is 12.0. The molecule has 2 aromatic carbocycles. The highest BCUT2D eigenvalue weighted by molar-refractivity contribution is 7.91. The fourth-order valence-electron chi connectivity index (χ4n) is 2.08. The van der Waals surface area contributed by atoms with Crippen LogP contribution in [-0.4, -0.2) is 13.4 Å². The van der Waals surface area contributed by atoms with Crippen LogP contribution in [0.1, 0.15) is 5.56 Å². The molecule has 0 spiro atoms. The molecule has 0 aliphatic heterocycles. The van der Waals surface area contributed by atoms with E-state index in [-0.39, 0.29) is 5.03 Å². The van der Waals surface area contributed by atoms with E-state index in [2.05, 4.69) is 11.1 Å². The van der Waals surface area contributed by atoms with Crippen LogP contribution < -0.4 is 0 Å². The van der Waals surface area contributed by atoms with E-state index < -0.39 is 9.84 Å². The minimum atomic E-state index is -3.54. The number of para-hydroxylation sites is 1. The predicted octanol–water partition coefficient (Wildman–Crippen LogP) is 3.11. The third-order valence-electron chi connectivity index (χ3n) is 3.08. The van der Waals surface area contributed by atoms with E-state index in [0.29, 0.717) is 4.90 Å². The summed E-state index contributed by atoms with van der Waals surface area (Å²) in [6.07, 6.45) is 0. The Labute approximate surface area is 111 Å². The van der Waals surface area contributed by atoms with E-state index in [1.54, 1.807) is 25.1 Å². The van der Waals surface area contributed by atoms with Gasteiger partial charge in [0.1, 0.15) is 5.03 Å². The Kier molecular flexibility index (Phi) is 2.68. The third kappa shape index (κ3) is 1.94. The van der Waals surface area contributed by atoms with E-state index in [4.69, 9.17) is 0 Å². The fraction of sp³-hybridized carbons (Fsp3) is 0.0667. The zero-order valence-corrected chi connectivity index (χ0v) is 11.2. The maximum atomic E-state index is 12.6. The first-order valence-corrected chi connectivity index (χ1v) is 7.38. The number of nitrogens with one attached hydrogen (secondary N) is 1. The molecule has 0 saturated carbocycles. The number of H-pyrrole nitrogens is 1. The molecule has 1 radical (unpaired) electrons. The van der Waals surface area contributed by atoms with E-state index in [0.717, 1.165) is 16.5 Å². The number of aryl methyl sites for hydroxylation is 1. The second-order valence-electron chi connectivity index (χ2n) is 4.39. The molecule has 0 aliphatic rings. The molecule has 0 saturated heterocycles. The van der Waals surface area contributed by atoms with Crippen LogP contribution in [0.15, 0.2) is 58.5 Å². The number of aromatic amines is 1. The average molecular weight is 270 g/mol. The Morgan fingerprint density at radius 1 is 1.00 bits per heavy atom. The third-order valence-corrected chi connectivity index (χ3v) is 4.85. The van der Waals surface area contributed by atoms with Crippen molar-refractivity contribution in [2.24, 2.45) is 0 Å². The van der Waals surface area contributed by atoms with Crippen molar-refractivity contribution < 1.29 is 8.42 Å². The van der Waals surface area contributed by atoms with Crippen molar-refractivity contribution in [3.05, 3.63) is 60.2 Å². The van der Waals surface area contributed by atoms with Crippen molar-refractivity contribution in [2.75, 3.05) is 0 Å². The highest BCUT2D eigenvalue weighted by Gasteiger charge is 2.21. The van der Waals surface area contributed by atoms with Crippen LogP contribution in [-0.2, 0) is 9.84 Å². The fourth-order valence-corrected chi connectivity index (χ4v) is 3.54. The van der Waals surface area contributed by atoms with Gasteiger partial charge in [-0.2, -0.15) is 0 Å². The van der Waals surface area contributed by atoms with Gasteiger partial charge >= 0.3 is 0 Å². The first-order valence-electron chi connectivity index (χ1n) is 5.90. The second-order valence-corrected chi connectivity index (χ2v) is 6.25. The van der Waals surface area contributed by atoms with Gasteiger partial charge in [0, 0.05) is 17.0 Å². The maximum Gasteiger partial charge on any atom is 0.222 e. The lowest BCUT2D eigenvalue weighted by molar-refractivity contribution is 0.592. The Morgan fingerprint density at radius 3 is 2.42 bits per heavy atom. The van der Waals surface area contributed by atoms with Crippen LogP contribution in [0.25, 0.3) is 10.9 Å². The summed E-state index contributed by atoms with van der Waals surface area (Å²) in [5.41, 5.74) is 1.50. The van der Waals surface area contributed by atoms with Crippen LogP contribution in [0.5, 0.6) is 0 Å². The van der Waals surface area contributed by atoms with Crippen molar-refractivity contribution >= 4 is 20.7 Å². The van der Waals surface area contributed by atoms with Gasteiger partial charge in [0.25, 0.3) is 0 Å². The first-order chi connectivity index (χ1) is 9.09. The smallest absolute Gasteiger partial charge is 0.222 e. The van der Waals surface area contributed by atoms with Crippen LogP contribution in [0.3, 0.4) is 0 Å². The largest absolute Gasteiger partial charge is 0.345 e. The molecule has 0 atom stereocenters. The summed E-state index contributed by atoms with van der Waals surface area (Å²) in [4.78, 5) is 3.24. The van der Waals surface area contributed by atoms with Crippen LogP contribution in [0.4, 0.5) is 0 Å². The molecule has 19 heavy (non-hydrogen) atoms. The summed E-state index contributed by atoms with van der Waals surface area (Å²) in [7, 11) is -3.54. The second kappa shape index (κ2) is 4.24. The Balaban J connectivity index is 2.23. The lowest BCUT2D eigenvalue weighted by Gasteiger charge is -2.04. The number of rotatable bonds is 2. The van der Waals surface area contributed by atoms with Crippen molar-refractivity contribution in [1.29, 1.82) is 0 Å². The quantitative estimate of drug-likeness (QED) is 0.778. The van der Waals surface area contributed by atoms with Gasteiger partial charge in [0.05, 0.1) is 4.90 Å². The SMILES string of the molecule is Cc1ccccc1S(=O)(=O)c1[c]c2ccccc2[nH]1. The molecule has 0 fully saturated rings. The van der Waals surface area contributed by atoms with E-state index in [1.165, 1.54) is 0 Å². The highest BCUT2D eigenvalue weighted by Crippen LogP contribution is 2.25. The summed E-state index contributed by atoms with van der Waals surface area (Å²) in [6.45, 7) is 1.79. The summed E-state index contributed by atoms with van der Waals surface area (Å²) < 4.78 is 25.1. The van der Waals surface area contributed by atoms with E-state index in [9.17, 15) is 8.42 Å². The van der Waals surface area contributed by atoms with Gasteiger partial charge in [-0.15, -0.1) is 0 Å². The average Bonchev–Trinajstić information content (AvgIpc) is 2.83. The molecule has 95 valence electrons. The molecule has 0 unspecified atom stereocenters. The molecule has 1 heterocycles. The standard InChI is InChI=1S/C15H12NO2S/c1-11-6-2-5-9-14(11)19(17,18)15-10-12-7-3-4-8-13(12)16-15/h2-9,16H,1H3. The molecular formula is C15H12NO2S. The maximum absolute atomic E-state index is 12.6. The summed E-state index contributed by atoms with van der Waals surface area (Å²) in [5.74, 6) is 0. The minimum Gasteiger partial charge on any atom is -0.345 e. The molecule has 0 bridgehead atoms. The highest BCUT2D eigenvalue weighted by atomic mass is 32.2. The lowest BCUT2D eigenvalue weighted by atomic mass is 10.2. The van der Waals surface area contributed by atoms with Crippen molar-refractivity contribution in [3.8, 4) is 0 Å². The summed E-state index contributed by atoms with van der Waals surface area (Å²) in [5, 5.41) is 0.887. The molecule has 0 aliphatic carbocycles. The molecule has 1 aromatic heterocycles. The zero-order chi connectivity index (χ0) is 13.5. The minimum absolute atomic E-state index is 0.114. The number of benzene rings is 2. The topological polar surface area (TPSA) is 49.9 Å². The molecular weight excluding hydrogens is 258 g/mol. The van der Waals surface area contributed by atoms with E-state index >= 15 is 0 Å². The van der Waals surface area contributed by atoms with Gasteiger partial charge < -0.3 is 4.98 Å². The molecule has 3 aromatic rings. The lowest BCUT2D eigenvalue weighted by Crippen LogP contribution is -2.04. The Morgan fingerprint density at radius 2 is 1.68 bits per heavy atom. The Hall–Kier alpha value is -2.07. The van der Waals surface area contributed by atoms with Gasteiger partial charge in [-0.3, -0.25) is 0 Å². The number of fused-ring (bicyclic) bond motifs is 1. The van der Waals surface area contributed by atoms with Crippen molar-refractivity contribution in [3.63, 3.8) is 0 Å². The number of sulfone groups is 1. The molecule has 4 heteroatoms. The predicted molar refractivity (Wildman–Crippen MR) is 73.8 cm³/mol. The Bertz CT molecular complexity index is 814. The summed E-state index contributed by atoms with van der Waals surface area (Å²) >= 11 is 0. The van der Waals surface area contributed by atoms with Gasteiger partial charge in [0.2, 0.25) is 9.84 Å². The zero-order valence-electron chi connectivity index (χ0n) is 10.3. The monoisotopic (exact) mass is 270 g/mol. The molecule has 3 rings (SSSR count).